The van der Waals surface area contributed by atoms with Crippen LogP contribution in [0.5, 0.6) is 5.75 Å². The zero-order valence-corrected chi connectivity index (χ0v) is 14.7. The molecular formula is C17H25N3O2S. The third-order valence-corrected chi connectivity index (χ3v) is 3.79. The van der Waals surface area contributed by atoms with Gasteiger partial charge in [0.25, 0.3) is 0 Å². The molecule has 0 fully saturated rings. The minimum absolute atomic E-state index is 0.122. The molecule has 0 heterocycles. The molecule has 126 valence electrons. The van der Waals surface area contributed by atoms with Gasteiger partial charge in [-0.1, -0.05) is 13.8 Å². The summed E-state index contributed by atoms with van der Waals surface area (Å²) < 4.78 is 5.13. The van der Waals surface area contributed by atoms with E-state index in [1.807, 2.05) is 5.41 Å². The van der Waals surface area contributed by atoms with Crippen molar-refractivity contribution in [3.63, 3.8) is 0 Å². The van der Waals surface area contributed by atoms with Gasteiger partial charge in [0.15, 0.2) is 0 Å². The number of methoxy groups -OCH3 is 1. The summed E-state index contributed by atoms with van der Waals surface area (Å²) in [5, 5.41) is 15.4. The van der Waals surface area contributed by atoms with Crippen LogP contribution >= 0.6 is 11.8 Å². The second-order valence-electron chi connectivity index (χ2n) is 5.20. The lowest BCUT2D eigenvalue weighted by Crippen LogP contribution is -2.21. The van der Waals surface area contributed by atoms with Crippen molar-refractivity contribution in [1.29, 1.82) is 0 Å². The molecular weight excluding hydrogens is 310 g/mol. The molecule has 1 rings (SSSR count). The van der Waals surface area contributed by atoms with E-state index >= 15 is 0 Å². The van der Waals surface area contributed by atoms with Crippen LogP contribution in [0.3, 0.4) is 0 Å². The van der Waals surface area contributed by atoms with Crippen molar-refractivity contribution in [3.05, 3.63) is 40.9 Å². The second kappa shape index (κ2) is 9.97. The van der Waals surface area contributed by atoms with E-state index in [9.17, 15) is 5.11 Å². The number of rotatable bonds is 9. The quantitative estimate of drug-likeness (QED) is 0.277. The zero-order chi connectivity index (χ0) is 17.2. The monoisotopic (exact) mass is 335 g/mol. The number of hydrogen-bond acceptors (Lipinski definition) is 6. The molecule has 0 bridgehead atoms. The van der Waals surface area contributed by atoms with Crippen LogP contribution in [0.2, 0.25) is 0 Å². The zero-order valence-electron chi connectivity index (χ0n) is 13.9. The number of thioether (sulfide) groups is 1. The molecule has 4 N–H and O–H groups in total. The smallest absolute Gasteiger partial charge is 0.121 e. The van der Waals surface area contributed by atoms with Gasteiger partial charge in [0.2, 0.25) is 0 Å². The Bertz CT molecular complexity index is 583. The third kappa shape index (κ3) is 6.80. The fourth-order valence-corrected chi connectivity index (χ4v) is 2.55. The first-order valence-electron chi connectivity index (χ1n) is 7.31. The van der Waals surface area contributed by atoms with Crippen LogP contribution in [0.25, 0.3) is 5.76 Å². The summed E-state index contributed by atoms with van der Waals surface area (Å²) in [7, 11) is 1.58. The Morgan fingerprint density at radius 1 is 1.52 bits per heavy atom. The van der Waals surface area contributed by atoms with Crippen molar-refractivity contribution >= 4 is 29.9 Å². The number of nitrogens with zero attached hydrogens (tertiary/aromatic N) is 1. The van der Waals surface area contributed by atoms with E-state index in [4.69, 9.17) is 10.5 Å². The lowest BCUT2D eigenvalue weighted by molar-refractivity contribution is 0.415. The number of allylic oxidation sites excluding steroid dienone is 1. The summed E-state index contributed by atoms with van der Waals surface area (Å²) in [4.78, 5) is 3.92. The molecule has 0 amide bonds. The highest BCUT2D eigenvalue weighted by Gasteiger charge is 2.07. The van der Waals surface area contributed by atoms with Gasteiger partial charge in [-0.3, -0.25) is 4.99 Å². The molecule has 0 spiro atoms. The number of benzene rings is 1. The minimum Gasteiger partial charge on any atom is -0.508 e. The first-order chi connectivity index (χ1) is 11.0. The average molecular weight is 335 g/mol. The Morgan fingerprint density at radius 3 is 2.87 bits per heavy atom. The predicted octanol–water partition coefficient (Wildman–Crippen LogP) is 3.81. The molecule has 0 aliphatic carbocycles. The van der Waals surface area contributed by atoms with Gasteiger partial charge in [0, 0.05) is 35.7 Å². The first kappa shape index (κ1) is 19.1. The summed E-state index contributed by atoms with van der Waals surface area (Å²) in [6, 6.07) is 5.68. The SMILES string of the molecule is C=Nc1cc(OC)ccc1/C(O)=C\C/C(N)=C/SCNC(C)C. The van der Waals surface area contributed by atoms with E-state index in [2.05, 4.69) is 30.9 Å². The summed E-state index contributed by atoms with van der Waals surface area (Å²) in [6.07, 6.45) is 2.13. The van der Waals surface area contributed by atoms with Crippen LogP contribution in [-0.2, 0) is 0 Å². The molecule has 0 atom stereocenters. The molecule has 5 nitrogen and oxygen atoms in total. The number of hydrogen-bond donors (Lipinski definition) is 3. The number of aliphatic imine (C=N–C) groups is 1. The highest BCUT2D eigenvalue weighted by molar-refractivity contribution is 8.02. The molecule has 23 heavy (non-hydrogen) atoms. The Labute approximate surface area is 142 Å². The summed E-state index contributed by atoms with van der Waals surface area (Å²) in [6.45, 7) is 7.70. The number of aliphatic hydroxyl groups excluding tert-OH is 1. The number of nitrogens with two attached hydrogens (primary N) is 1. The van der Waals surface area contributed by atoms with Crippen molar-refractivity contribution in [2.24, 2.45) is 10.7 Å². The maximum absolute atomic E-state index is 10.2. The van der Waals surface area contributed by atoms with Crippen LogP contribution in [0.1, 0.15) is 25.8 Å². The number of ether oxygens (including phenoxy) is 1. The molecule has 0 saturated heterocycles. The standard InChI is InChI=1S/C17H25N3O2S/c1-12(2)20-11-23-10-13(18)5-8-17(21)15-7-6-14(22-4)9-16(15)19-3/h6-10,12,20-21H,3,5,11,18H2,1-2,4H3/b13-10-,17-8+. The largest absolute Gasteiger partial charge is 0.508 e. The highest BCUT2D eigenvalue weighted by Crippen LogP contribution is 2.29. The fourth-order valence-electron chi connectivity index (χ4n) is 1.72. The van der Waals surface area contributed by atoms with Crippen molar-refractivity contribution in [1.82, 2.24) is 5.32 Å². The summed E-state index contributed by atoms with van der Waals surface area (Å²) >= 11 is 1.60. The molecule has 0 aromatic heterocycles. The van der Waals surface area contributed by atoms with Crippen LogP contribution in [-0.4, -0.2) is 30.9 Å². The van der Waals surface area contributed by atoms with E-state index in [-0.39, 0.29) is 5.76 Å². The topological polar surface area (TPSA) is 79.9 Å². The lowest BCUT2D eigenvalue weighted by Gasteiger charge is -2.08. The molecule has 1 aromatic carbocycles. The van der Waals surface area contributed by atoms with E-state index in [0.717, 1.165) is 5.88 Å². The van der Waals surface area contributed by atoms with E-state index in [0.29, 0.717) is 35.2 Å². The minimum atomic E-state index is 0.122. The van der Waals surface area contributed by atoms with Crippen LogP contribution in [0, 0.1) is 0 Å². The van der Waals surface area contributed by atoms with Gasteiger partial charge < -0.3 is 20.9 Å². The van der Waals surface area contributed by atoms with Crippen molar-refractivity contribution < 1.29 is 9.84 Å². The lowest BCUT2D eigenvalue weighted by atomic mass is 10.1. The normalized spacial score (nSPS) is 12.5. The van der Waals surface area contributed by atoms with Gasteiger partial charge in [-0.05, 0) is 30.3 Å². The number of aliphatic hydroxyl groups is 1. The predicted molar refractivity (Wildman–Crippen MR) is 100 cm³/mol. The van der Waals surface area contributed by atoms with Gasteiger partial charge in [-0.25, -0.2) is 0 Å². The van der Waals surface area contributed by atoms with Crippen molar-refractivity contribution in [2.75, 3.05) is 13.0 Å². The average Bonchev–Trinajstić information content (AvgIpc) is 2.55. The van der Waals surface area contributed by atoms with Gasteiger partial charge in [-0.15, -0.1) is 11.8 Å². The Balaban J connectivity index is 2.69. The molecule has 0 aliphatic heterocycles. The van der Waals surface area contributed by atoms with Crippen LogP contribution in [0.15, 0.2) is 40.4 Å². The molecule has 0 saturated carbocycles. The molecule has 0 unspecified atom stereocenters. The van der Waals surface area contributed by atoms with Crippen LogP contribution < -0.4 is 15.8 Å². The van der Waals surface area contributed by atoms with Crippen molar-refractivity contribution in [3.8, 4) is 5.75 Å². The summed E-state index contributed by atoms with van der Waals surface area (Å²) in [5.41, 5.74) is 7.79. The summed E-state index contributed by atoms with van der Waals surface area (Å²) in [5.74, 6) is 1.59. The van der Waals surface area contributed by atoms with Crippen LogP contribution in [0.4, 0.5) is 5.69 Å². The van der Waals surface area contributed by atoms with Gasteiger partial charge in [0.1, 0.15) is 11.5 Å². The number of nitrogens with one attached hydrogen (secondary N) is 1. The van der Waals surface area contributed by atoms with E-state index in [1.54, 1.807) is 43.1 Å². The van der Waals surface area contributed by atoms with Gasteiger partial charge in [0.05, 0.1) is 12.8 Å². The molecule has 0 radical (unpaired) electrons. The maximum atomic E-state index is 10.2. The van der Waals surface area contributed by atoms with Gasteiger partial charge in [-0.2, -0.15) is 0 Å². The first-order valence-corrected chi connectivity index (χ1v) is 8.36. The van der Waals surface area contributed by atoms with E-state index in [1.165, 1.54) is 0 Å². The maximum Gasteiger partial charge on any atom is 0.121 e. The Morgan fingerprint density at radius 2 is 2.26 bits per heavy atom. The fraction of sp³-hybridized carbons (Fsp3) is 0.353. The highest BCUT2D eigenvalue weighted by atomic mass is 32.2. The molecule has 6 heteroatoms. The van der Waals surface area contributed by atoms with E-state index < -0.39 is 0 Å². The van der Waals surface area contributed by atoms with Crippen molar-refractivity contribution in [2.45, 2.75) is 26.3 Å². The molecule has 0 aliphatic rings. The molecule has 1 aromatic rings. The third-order valence-electron chi connectivity index (χ3n) is 2.99. The second-order valence-corrected chi connectivity index (χ2v) is 6.05. The van der Waals surface area contributed by atoms with Gasteiger partial charge >= 0.3 is 0 Å². The Hall–Kier alpha value is -1.92. The Kier molecular flexibility index (Phi) is 8.29.